The Kier molecular flexibility index (Phi) is 7.33. The highest BCUT2D eigenvalue weighted by molar-refractivity contribution is 5.98. The molecule has 0 aromatic carbocycles. The van der Waals surface area contributed by atoms with E-state index in [0.717, 1.165) is 48.4 Å². The monoisotopic (exact) mass is 427 g/mol. The predicted molar refractivity (Wildman–Crippen MR) is 115 cm³/mol. The molecule has 0 radical (unpaired) electrons. The number of rotatable bonds is 7. The number of hydrogen-bond acceptors (Lipinski definition) is 5. The third-order valence-corrected chi connectivity index (χ3v) is 5.50. The lowest BCUT2D eigenvalue weighted by molar-refractivity contribution is -0.149. The Balaban J connectivity index is 1.51. The number of aryl methyl sites for hydroxylation is 1. The Hall–Kier alpha value is -3.29. The van der Waals surface area contributed by atoms with Gasteiger partial charge >= 0.3 is 12.0 Å². The van der Waals surface area contributed by atoms with Crippen LogP contribution in [-0.2, 0) is 20.9 Å². The normalized spacial score (nSPS) is 15.2. The number of urea groups is 1. The van der Waals surface area contributed by atoms with E-state index in [2.05, 4.69) is 15.2 Å². The van der Waals surface area contributed by atoms with Gasteiger partial charge in [-0.25, -0.2) is 9.59 Å². The highest BCUT2D eigenvalue weighted by Gasteiger charge is 2.22. The SMILES string of the molecule is Cc1cc(/C=C/C(=O)O[C@@H](C)C(=O)NC(=O)NC2CCCC2)c(C)n1Cc1ccco1. The Bertz CT molecular complexity index is 952. The predicted octanol–water partition coefficient (Wildman–Crippen LogP) is 3.46. The molecule has 0 bridgehead atoms. The van der Waals surface area contributed by atoms with Crippen LogP contribution in [0, 0.1) is 13.8 Å². The van der Waals surface area contributed by atoms with E-state index in [1.165, 1.54) is 13.0 Å². The van der Waals surface area contributed by atoms with Crippen LogP contribution in [-0.4, -0.2) is 34.6 Å². The van der Waals surface area contributed by atoms with E-state index in [9.17, 15) is 14.4 Å². The molecule has 2 aromatic heterocycles. The number of hydrogen-bond donors (Lipinski definition) is 2. The van der Waals surface area contributed by atoms with Crippen LogP contribution >= 0.6 is 0 Å². The number of ether oxygens (including phenoxy) is 1. The minimum atomic E-state index is -1.09. The van der Waals surface area contributed by atoms with E-state index in [1.54, 1.807) is 12.3 Å². The number of carbonyl (C=O) groups is 3. The molecule has 1 aliphatic carbocycles. The number of carbonyl (C=O) groups excluding carboxylic acids is 3. The van der Waals surface area contributed by atoms with Crippen molar-refractivity contribution in [3.05, 3.63) is 53.2 Å². The molecular formula is C23H29N3O5. The summed E-state index contributed by atoms with van der Waals surface area (Å²) in [5.41, 5.74) is 2.88. The highest BCUT2D eigenvalue weighted by atomic mass is 16.5. The summed E-state index contributed by atoms with van der Waals surface area (Å²) < 4.78 is 12.6. The van der Waals surface area contributed by atoms with Crippen LogP contribution in [0.3, 0.4) is 0 Å². The van der Waals surface area contributed by atoms with Gasteiger partial charge in [-0.2, -0.15) is 0 Å². The van der Waals surface area contributed by atoms with Crippen molar-refractivity contribution < 1.29 is 23.5 Å². The molecule has 31 heavy (non-hydrogen) atoms. The fourth-order valence-electron chi connectivity index (χ4n) is 3.73. The summed E-state index contributed by atoms with van der Waals surface area (Å²) in [6.07, 6.45) is 7.46. The lowest BCUT2D eigenvalue weighted by Crippen LogP contribution is -2.47. The number of nitrogens with one attached hydrogen (secondary N) is 2. The minimum absolute atomic E-state index is 0.0976. The summed E-state index contributed by atoms with van der Waals surface area (Å²) in [5.74, 6) is -0.475. The molecule has 2 heterocycles. The van der Waals surface area contributed by atoms with Gasteiger partial charge in [0.1, 0.15) is 5.76 Å². The largest absolute Gasteiger partial charge is 0.467 e. The van der Waals surface area contributed by atoms with Gasteiger partial charge in [0.2, 0.25) is 0 Å². The molecule has 1 aliphatic rings. The Labute approximate surface area is 181 Å². The Morgan fingerprint density at radius 1 is 1.29 bits per heavy atom. The number of imide groups is 1. The molecule has 0 saturated heterocycles. The zero-order chi connectivity index (χ0) is 22.4. The molecular weight excluding hydrogens is 398 g/mol. The van der Waals surface area contributed by atoms with Gasteiger partial charge in [0, 0.05) is 23.5 Å². The van der Waals surface area contributed by atoms with Gasteiger partial charge in [-0.1, -0.05) is 12.8 Å². The molecule has 8 heteroatoms. The van der Waals surface area contributed by atoms with E-state index >= 15 is 0 Å². The van der Waals surface area contributed by atoms with Crippen LogP contribution in [0.1, 0.15) is 55.3 Å². The smallest absolute Gasteiger partial charge is 0.331 e. The van der Waals surface area contributed by atoms with Gasteiger partial charge < -0.3 is 19.0 Å². The van der Waals surface area contributed by atoms with E-state index in [4.69, 9.17) is 9.15 Å². The third kappa shape index (κ3) is 6.10. The van der Waals surface area contributed by atoms with Crippen LogP contribution in [0.2, 0.25) is 0 Å². The first kappa shape index (κ1) is 22.4. The second kappa shape index (κ2) is 10.1. The first-order valence-corrected chi connectivity index (χ1v) is 10.5. The fourth-order valence-corrected chi connectivity index (χ4v) is 3.73. The standard InChI is InChI=1S/C23H29N3O5/c1-15-13-18(16(2)26(15)14-20-9-6-12-30-20)10-11-21(27)31-17(3)22(28)25-23(29)24-19-7-4-5-8-19/h6,9-13,17,19H,4-5,7-8,14H2,1-3H3,(H2,24,25,28,29)/b11-10+/t17-/m0/s1. The average Bonchev–Trinajstić information content (AvgIpc) is 3.46. The van der Waals surface area contributed by atoms with Crippen molar-refractivity contribution in [3.8, 4) is 0 Å². The number of nitrogens with zero attached hydrogens (tertiary/aromatic N) is 1. The number of furan rings is 1. The molecule has 1 atom stereocenters. The lowest BCUT2D eigenvalue weighted by atomic mass is 10.2. The van der Waals surface area contributed by atoms with Crippen molar-refractivity contribution in [1.82, 2.24) is 15.2 Å². The van der Waals surface area contributed by atoms with Crippen molar-refractivity contribution in [2.75, 3.05) is 0 Å². The van der Waals surface area contributed by atoms with Crippen LogP contribution in [0.25, 0.3) is 6.08 Å². The molecule has 1 saturated carbocycles. The van der Waals surface area contributed by atoms with Crippen LogP contribution < -0.4 is 10.6 Å². The minimum Gasteiger partial charge on any atom is -0.467 e. The maximum Gasteiger partial charge on any atom is 0.331 e. The van der Waals surface area contributed by atoms with Crippen molar-refractivity contribution in [2.24, 2.45) is 0 Å². The lowest BCUT2D eigenvalue weighted by Gasteiger charge is -2.15. The van der Waals surface area contributed by atoms with Crippen molar-refractivity contribution in [1.29, 1.82) is 0 Å². The van der Waals surface area contributed by atoms with E-state index in [0.29, 0.717) is 6.54 Å². The summed E-state index contributed by atoms with van der Waals surface area (Å²) in [4.78, 5) is 36.1. The summed E-state index contributed by atoms with van der Waals surface area (Å²) in [6, 6.07) is 5.26. The van der Waals surface area contributed by atoms with Crippen LogP contribution in [0.15, 0.2) is 35.0 Å². The summed E-state index contributed by atoms with van der Waals surface area (Å²) >= 11 is 0. The second-order valence-corrected chi connectivity index (χ2v) is 7.85. The van der Waals surface area contributed by atoms with Gasteiger partial charge in [0.15, 0.2) is 6.10 Å². The van der Waals surface area contributed by atoms with Crippen LogP contribution in [0.4, 0.5) is 4.79 Å². The molecule has 3 amide bonds. The first-order valence-electron chi connectivity index (χ1n) is 10.5. The number of aromatic nitrogens is 1. The first-order chi connectivity index (χ1) is 14.8. The Morgan fingerprint density at radius 3 is 2.71 bits per heavy atom. The van der Waals surface area contributed by atoms with Gasteiger partial charge in [0.05, 0.1) is 12.8 Å². The third-order valence-electron chi connectivity index (χ3n) is 5.50. The van der Waals surface area contributed by atoms with Gasteiger partial charge in [-0.15, -0.1) is 0 Å². The molecule has 0 aliphatic heterocycles. The summed E-state index contributed by atoms with van der Waals surface area (Å²) in [7, 11) is 0. The topological polar surface area (TPSA) is 103 Å². The molecule has 0 spiro atoms. The van der Waals surface area contributed by atoms with E-state index in [1.807, 2.05) is 32.0 Å². The zero-order valence-corrected chi connectivity index (χ0v) is 18.1. The molecule has 1 fully saturated rings. The number of amides is 3. The van der Waals surface area contributed by atoms with Crippen molar-refractivity contribution in [3.63, 3.8) is 0 Å². The molecule has 3 rings (SSSR count). The molecule has 8 nitrogen and oxygen atoms in total. The summed E-state index contributed by atoms with van der Waals surface area (Å²) in [5, 5.41) is 4.98. The number of esters is 1. The Morgan fingerprint density at radius 2 is 2.03 bits per heavy atom. The van der Waals surface area contributed by atoms with Gasteiger partial charge in [-0.05, 0) is 63.5 Å². The van der Waals surface area contributed by atoms with Gasteiger partial charge in [-0.3, -0.25) is 10.1 Å². The quantitative estimate of drug-likeness (QED) is 0.520. The van der Waals surface area contributed by atoms with E-state index in [-0.39, 0.29) is 6.04 Å². The average molecular weight is 428 g/mol. The summed E-state index contributed by atoms with van der Waals surface area (Å²) in [6.45, 7) is 5.97. The molecule has 0 unspecified atom stereocenters. The van der Waals surface area contributed by atoms with Crippen LogP contribution in [0.5, 0.6) is 0 Å². The molecule has 166 valence electrons. The van der Waals surface area contributed by atoms with E-state index < -0.39 is 24.0 Å². The fraction of sp³-hybridized carbons (Fsp3) is 0.435. The maximum absolute atomic E-state index is 12.1. The molecule has 2 aromatic rings. The second-order valence-electron chi connectivity index (χ2n) is 7.85. The maximum atomic E-state index is 12.1. The van der Waals surface area contributed by atoms with Crippen molar-refractivity contribution in [2.45, 2.75) is 65.1 Å². The zero-order valence-electron chi connectivity index (χ0n) is 18.1. The van der Waals surface area contributed by atoms with Crippen molar-refractivity contribution >= 4 is 24.0 Å². The van der Waals surface area contributed by atoms with Gasteiger partial charge in [0.25, 0.3) is 5.91 Å². The highest BCUT2D eigenvalue weighted by Crippen LogP contribution is 2.19. The molecule has 2 N–H and O–H groups in total.